The third-order valence-corrected chi connectivity index (χ3v) is 3.72. The average Bonchev–Trinajstić information content (AvgIpc) is 3.02. The summed E-state index contributed by atoms with van der Waals surface area (Å²) in [5.41, 5.74) is 2.78. The zero-order chi connectivity index (χ0) is 12.5. The Bertz CT molecular complexity index is 394. The van der Waals surface area contributed by atoms with Gasteiger partial charge in [0.2, 0.25) is 0 Å². The monoisotopic (exact) mass is 235 g/mol. The first-order valence-electron chi connectivity index (χ1n) is 6.49. The number of benzene rings is 1. The molecule has 0 unspecified atom stereocenters. The van der Waals surface area contributed by atoms with E-state index in [0.29, 0.717) is 11.5 Å². The molecule has 0 radical (unpaired) electrons. The van der Waals surface area contributed by atoms with Crippen LogP contribution in [0.25, 0.3) is 0 Å². The van der Waals surface area contributed by atoms with Crippen LogP contribution in [-0.2, 0) is 6.42 Å². The Kier molecular flexibility index (Phi) is 3.53. The summed E-state index contributed by atoms with van der Waals surface area (Å²) in [6, 6.07) is 5.66. The molecule has 17 heavy (non-hydrogen) atoms. The smallest absolute Gasteiger partial charge is 0.123 e. The second-order valence-corrected chi connectivity index (χ2v) is 5.78. The van der Waals surface area contributed by atoms with Gasteiger partial charge in [0, 0.05) is 12.6 Å². The van der Waals surface area contributed by atoms with Crippen molar-refractivity contribution >= 4 is 0 Å². The van der Waals surface area contributed by atoms with Crippen molar-refractivity contribution in [2.45, 2.75) is 46.1 Å². The van der Waals surface area contributed by atoms with E-state index >= 15 is 0 Å². The Morgan fingerprint density at radius 2 is 2.06 bits per heavy atom. The summed E-state index contributed by atoms with van der Waals surface area (Å²) in [4.78, 5) is 0. The molecule has 0 aromatic heterocycles. The van der Waals surface area contributed by atoms with Crippen molar-refractivity contribution in [1.82, 2.24) is 5.32 Å². The van der Waals surface area contributed by atoms with Crippen LogP contribution >= 0.6 is 0 Å². The molecule has 0 saturated heterocycles. The number of nitrogens with one attached hydrogen (secondary N) is 1. The Morgan fingerprint density at radius 1 is 1.35 bits per heavy atom. The molecule has 1 nitrogen and oxygen atoms in total. The first-order chi connectivity index (χ1) is 8.01. The van der Waals surface area contributed by atoms with Crippen LogP contribution in [0.15, 0.2) is 18.2 Å². The van der Waals surface area contributed by atoms with Crippen molar-refractivity contribution in [3.63, 3.8) is 0 Å². The SMILES string of the molecule is Cc1ccc(F)cc1CC1(CNC(C)C)CC1. The second kappa shape index (κ2) is 4.77. The molecule has 1 aromatic rings. The standard InChI is InChI=1S/C15H22FN/c1-11(2)17-10-15(6-7-15)9-13-8-14(16)5-4-12(13)3/h4-5,8,11,17H,6-7,9-10H2,1-3H3. The summed E-state index contributed by atoms with van der Waals surface area (Å²) in [6.07, 6.45) is 3.54. The van der Waals surface area contributed by atoms with Crippen molar-refractivity contribution in [3.8, 4) is 0 Å². The van der Waals surface area contributed by atoms with Crippen LogP contribution in [-0.4, -0.2) is 12.6 Å². The number of rotatable bonds is 5. The molecule has 1 saturated carbocycles. The van der Waals surface area contributed by atoms with E-state index in [-0.39, 0.29) is 5.82 Å². The number of hydrogen-bond acceptors (Lipinski definition) is 1. The van der Waals surface area contributed by atoms with Crippen LogP contribution in [0.3, 0.4) is 0 Å². The summed E-state index contributed by atoms with van der Waals surface area (Å²) in [6.45, 7) is 7.47. The van der Waals surface area contributed by atoms with Gasteiger partial charge >= 0.3 is 0 Å². The van der Waals surface area contributed by atoms with Gasteiger partial charge in [-0.15, -0.1) is 0 Å². The van der Waals surface area contributed by atoms with Gasteiger partial charge in [-0.05, 0) is 54.9 Å². The van der Waals surface area contributed by atoms with Gasteiger partial charge in [0.1, 0.15) is 5.82 Å². The van der Waals surface area contributed by atoms with Crippen molar-refractivity contribution in [2.75, 3.05) is 6.54 Å². The van der Waals surface area contributed by atoms with Crippen molar-refractivity contribution < 1.29 is 4.39 Å². The summed E-state index contributed by atoms with van der Waals surface area (Å²) < 4.78 is 13.2. The van der Waals surface area contributed by atoms with E-state index in [0.717, 1.165) is 13.0 Å². The maximum absolute atomic E-state index is 13.2. The third-order valence-electron chi connectivity index (χ3n) is 3.72. The summed E-state index contributed by atoms with van der Waals surface area (Å²) in [5, 5.41) is 3.51. The minimum absolute atomic E-state index is 0.113. The van der Waals surface area contributed by atoms with E-state index in [2.05, 4.69) is 26.1 Å². The summed E-state index contributed by atoms with van der Waals surface area (Å²) in [7, 11) is 0. The molecule has 94 valence electrons. The Morgan fingerprint density at radius 3 is 2.65 bits per heavy atom. The first-order valence-corrected chi connectivity index (χ1v) is 6.49. The minimum Gasteiger partial charge on any atom is -0.314 e. The molecule has 1 aromatic carbocycles. The molecule has 2 heteroatoms. The maximum atomic E-state index is 13.2. The first kappa shape index (κ1) is 12.6. The highest BCUT2D eigenvalue weighted by molar-refractivity contribution is 5.28. The van der Waals surface area contributed by atoms with Gasteiger partial charge in [-0.3, -0.25) is 0 Å². The highest BCUT2D eigenvalue weighted by Crippen LogP contribution is 2.48. The lowest BCUT2D eigenvalue weighted by Gasteiger charge is -2.19. The summed E-state index contributed by atoms with van der Waals surface area (Å²) in [5.74, 6) is -0.113. The lowest BCUT2D eigenvalue weighted by Crippen LogP contribution is -2.31. The normalized spacial score (nSPS) is 17.5. The highest BCUT2D eigenvalue weighted by Gasteiger charge is 2.42. The van der Waals surface area contributed by atoms with E-state index in [1.54, 1.807) is 12.1 Å². The fraction of sp³-hybridized carbons (Fsp3) is 0.600. The minimum atomic E-state index is -0.113. The molecule has 0 spiro atoms. The Labute approximate surface area is 103 Å². The van der Waals surface area contributed by atoms with E-state index in [1.807, 2.05) is 6.07 Å². The topological polar surface area (TPSA) is 12.0 Å². The summed E-state index contributed by atoms with van der Waals surface area (Å²) >= 11 is 0. The molecule has 1 N–H and O–H groups in total. The average molecular weight is 235 g/mol. The van der Waals surface area contributed by atoms with Gasteiger partial charge < -0.3 is 5.32 Å². The van der Waals surface area contributed by atoms with E-state index in [4.69, 9.17) is 0 Å². The van der Waals surface area contributed by atoms with Crippen LogP contribution < -0.4 is 5.32 Å². The zero-order valence-electron chi connectivity index (χ0n) is 11.0. The molecule has 0 bridgehead atoms. The van der Waals surface area contributed by atoms with Gasteiger partial charge in [-0.1, -0.05) is 19.9 Å². The molecular formula is C15H22FN. The van der Waals surface area contributed by atoms with Crippen molar-refractivity contribution in [1.29, 1.82) is 0 Å². The molecule has 1 aliphatic rings. The molecule has 0 amide bonds. The van der Waals surface area contributed by atoms with Crippen LogP contribution in [0.4, 0.5) is 4.39 Å². The number of halogens is 1. The van der Waals surface area contributed by atoms with Gasteiger partial charge in [-0.2, -0.15) is 0 Å². The quantitative estimate of drug-likeness (QED) is 0.824. The molecule has 1 aliphatic carbocycles. The van der Waals surface area contributed by atoms with Gasteiger partial charge in [0.25, 0.3) is 0 Å². The van der Waals surface area contributed by atoms with Crippen molar-refractivity contribution in [2.24, 2.45) is 5.41 Å². The van der Waals surface area contributed by atoms with Crippen LogP contribution in [0.2, 0.25) is 0 Å². The molecule has 0 heterocycles. The fourth-order valence-electron chi connectivity index (χ4n) is 2.25. The fourth-order valence-corrected chi connectivity index (χ4v) is 2.25. The number of hydrogen-bond donors (Lipinski definition) is 1. The predicted molar refractivity (Wildman–Crippen MR) is 69.6 cm³/mol. The lowest BCUT2D eigenvalue weighted by molar-refractivity contribution is 0.428. The van der Waals surface area contributed by atoms with E-state index in [1.165, 1.54) is 24.0 Å². The Hall–Kier alpha value is -0.890. The maximum Gasteiger partial charge on any atom is 0.123 e. The van der Waals surface area contributed by atoms with E-state index in [9.17, 15) is 4.39 Å². The largest absolute Gasteiger partial charge is 0.314 e. The number of aryl methyl sites for hydroxylation is 1. The molecular weight excluding hydrogens is 213 g/mol. The lowest BCUT2D eigenvalue weighted by atomic mass is 9.93. The van der Waals surface area contributed by atoms with Crippen LogP contribution in [0, 0.1) is 18.2 Å². The zero-order valence-corrected chi connectivity index (χ0v) is 11.0. The second-order valence-electron chi connectivity index (χ2n) is 5.78. The molecule has 2 rings (SSSR count). The van der Waals surface area contributed by atoms with Gasteiger partial charge in [0.15, 0.2) is 0 Å². The van der Waals surface area contributed by atoms with Crippen LogP contribution in [0.5, 0.6) is 0 Å². The third kappa shape index (κ3) is 3.29. The van der Waals surface area contributed by atoms with Crippen molar-refractivity contribution in [3.05, 3.63) is 35.1 Å². The van der Waals surface area contributed by atoms with Crippen LogP contribution in [0.1, 0.15) is 37.8 Å². The van der Waals surface area contributed by atoms with Gasteiger partial charge in [-0.25, -0.2) is 4.39 Å². The Balaban J connectivity index is 2.02. The molecule has 0 aliphatic heterocycles. The van der Waals surface area contributed by atoms with Gasteiger partial charge in [0.05, 0.1) is 0 Å². The highest BCUT2D eigenvalue weighted by atomic mass is 19.1. The predicted octanol–water partition coefficient (Wildman–Crippen LogP) is 3.45. The molecule has 0 atom stereocenters. The molecule has 1 fully saturated rings. The van der Waals surface area contributed by atoms with E-state index < -0.39 is 0 Å².